The third-order valence-electron chi connectivity index (χ3n) is 15.9. The first kappa shape index (κ1) is 46.5. The fraction of sp³-hybridized carbons (Fsp3) is 0.333. The number of benzene rings is 7. The molecule has 0 atom stereocenters. The first-order valence-electron chi connectivity index (χ1n) is 26.1. The molecule has 4 heteroatoms. The van der Waals surface area contributed by atoms with Crippen LogP contribution in [0.2, 0.25) is 0 Å². The molecule has 0 spiro atoms. The Balaban J connectivity index is 1.22. The number of nitrogens with zero attached hydrogens (tertiary/aromatic N) is 2. The molecule has 0 N–H and O–H groups in total. The van der Waals surface area contributed by atoms with E-state index in [4.69, 9.17) is 0 Å². The third kappa shape index (κ3) is 8.13. The number of hydrogen-bond donors (Lipinski definition) is 0. The molecule has 1 aromatic heterocycles. The Hall–Kier alpha value is -5.84. The van der Waals surface area contributed by atoms with Gasteiger partial charge in [-0.2, -0.15) is 0 Å². The van der Waals surface area contributed by atoms with Gasteiger partial charge in [0, 0.05) is 43.2 Å². The second-order valence-electron chi connectivity index (χ2n) is 24.9. The Morgan fingerprint density at radius 1 is 0.457 bits per heavy atom. The quantitative estimate of drug-likeness (QED) is 0.159. The van der Waals surface area contributed by atoms with Crippen molar-refractivity contribution in [2.45, 2.75) is 143 Å². The second-order valence-corrected chi connectivity index (χ2v) is 26.0. The van der Waals surface area contributed by atoms with Gasteiger partial charge in [0.05, 0.1) is 11.4 Å². The highest BCUT2D eigenvalue weighted by atomic mass is 32.1. The summed E-state index contributed by atoms with van der Waals surface area (Å²) >= 11 is 2.01. The summed E-state index contributed by atoms with van der Waals surface area (Å²) in [6.45, 7) is 28.2. The van der Waals surface area contributed by atoms with E-state index >= 15 is 0 Å². The Morgan fingerprint density at radius 2 is 1.01 bits per heavy atom. The fourth-order valence-corrected chi connectivity index (χ4v) is 12.9. The maximum absolute atomic E-state index is 2.74. The van der Waals surface area contributed by atoms with Crippen molar-refractivity contribution in [3.05, 3.63) is 173 Å². The van der Waals surface area contributed by atoms with Crippen LogP contribution in [0, 0.1) is 0 Å². The monoisotopic (exact) mass is 935 g/mol. The predicted octanol–water partition coefficient (Wildman–Crippen LogP) is 17.6. The van der Waals surface area contributed by atoms with Crippen LogP contribution in [0.1, 0.15) is 149 Å². The molecular formula is C66H71BN2S. The number of hydrogen-bond acceptors (Lipinski definition) is 3. The zero-order valence-electron chi connectivity index (χ0n) is 43.8. The van der Waals surface area contributed by atoms with Crippen LogP contribution in [-0.4, -0.2) is 6.71 Å². The molecule has 2 aliphatic heterocycles. The SMILES string of the molecule is CC(C)(C)c1ccc(-c2ccc(N3c4ccc(C(C)(C)C)cc4B4c5sc6ccc(C(C)(C)C)cc6c5N(c5ccc(C6CCCCC6)cc5-c5ccccc5)c5cc(C(C)(C)C)cc3c54)cc2)cc1. The predicted molar refractivity (Wildman–Crippen MR) is 307 cm³/mol. The molecule has 1 saturated carbocycles. The van der Waals surface area contributed by atoms with E-state index in [2.05, 4.69) is 238 Å². The molecular weight excluding hydrogens is 864 g/mol. The largest absolute Gasteiger partial charge is 0.311 e. The van der Waals surface area contributed by atoms with Gasteiger partial charge >= 0.3 is 0 Å². The molecule has 3 heterocycles. The van der Waals surface area contributed by atoms with Crippen molar-refractivity contribution >= 4 is 78.0 Å². The second kappa shape index (κ2) is 16.9. The van der Waals surface area contributed by atoms with Crippen molar-refractivity contribution in [3.63, 3.8) is 0 Å². The standard InChI is InChI=1S/C66H71BN2S/c1-63(2,3)47-28-23-43(24-29-47)44-25-32-51(33-26-44)68-56-35-30-49(65(7,8)9)39-54(56)67-60-57(68)40-50(66(10,11)12)41-58(60)69(61-53-38-48(64(4,5)6)31-36-59(53)70-62(61)67)55-34-27-46(42-19-15-13-16-20-42)37-52(55)45-21-17-14-18-22-45/h14,17-18,21-42H,13,15-16,19-20H2,1-12H3. The van der Waals surface area contributed by atoms with Crippen LogP contribution < -0.4 is 25.5 Å². The number of rotatable bonds is 5. The lowest BCUT2D eigenvalue weighted by atomic mass is 9.36. The van der Waals surface area contributed by atoms with Crippen LogP contribution in [0.3, 0.4) is 0 Å². The molecule has 354 valence electrons. The first-order chi connectivity index (χ1) is 33.2. The van der Waals surface area contributed by atoms with Crippen LogP contribution in [0.5, 0.6) is 0 Å². The number of thiophene rings is 1. The fourth-order valence-electron chi connectivity index (χ4n) is 11.6. The Morgan fingerprint density at radius 3 is 1.64 bits per heavy atom. The van der Waals surface area contributed by atoms with E-state index in [9.17, 15) is 0 Å². The van der Waals surface area contributed by atoms with Gasteiger partial charge in [-0.1, -0.05) is 193 Å². The summed E-state index contributed by atoms with van der Waals surface area (Å²) in [5.74, 6) is 0.594. The normalized spacial score (nSPS) is 15.3. The van der Waals surface area contributed by atoms with E-state index in [0.717, 1.165) is 0 Å². The Bertz CT molecular complexity index is 3270. The van der Waals surface area contributed by atoms with E-state index < -0.39 is 0 Å². The average Bonchev–Trinajstić information content (AvgIpc) is 3.72. The molecule has 1 aliphatic carbocycles. The zero-order chi connectivity index (χ0) is 49.1. The summed E-state index contributed by atoms with van der Waals surface area (Å²) in [6, 6.07) is 57.3. The summed E-state index contributed by atoms with van der Waals surface area (Å²) in [7, 11) is 0. The zero-order valence-corrected chi connectivity index (χ0v) is 44.7. The maximum Gasteiger partial charge on any atom is 0.264 e. The Kier molecular flexibility index (Phi) is 11.2. The van der Waals surface area contributed by atoms with Gasteiger partial charge in [0.2, 0.25) is 0 Å². The van der Waals surface area contributed by atoms with Gasteiger partial charge in [-0.15, -0.1) is 11.3 Å². The van der Waals surface area contributed by atoms with E-state index in [0.29, 0.717) is 5.92 Å². The highest BCUT2D eigenvalue weighted by molar-refractivity contribution is 7.33. The van der Waals surface area contributed by atoms with Crippen LogP contribution in [0.4, 0.5) is 34.1 Å². The molecule has 8 aromatic rings. The van der Waals surface area contributed by atoms with E-state index in [1.54, 1.807) is 0 Å². The molecule has 0 radical (unpaired) electrons. The number of fused-ring (bicyclic) bond motifs is 6. The molecule has 2 nitrogen and oxygen atoms in total. The van der Waals surface area contributed by atoms with Crippen molar-refractivity contribution in [2.24, 2.45) is 0 Å². The van der Waals surface area contributed by atoms with E-state index in [1.807, 2.05) is 11.3 Å². The van der Waals surface area contributed by atoms with Crippen molar-refractivity contribution in [2.75, 3.05) is 9.80 Å². The van der Waals surface area contributed by atoms with Crippen LogP contribution in [0.15, 0.2) is 146 Å². The van der Waals surface area contributed by atoms with Gasteiger partial charge in [0.25, 0.3) is 6.71 Å². The minimum atomic E-state index is -0.124. The van der Waals surface area contributed by atoms with Crippen LogP contribution in [0.25, 0.3) is 32.3 Å². The molecule has 0 unspecified atom stereocenters. The molecule has 11 rings (SSSR count). The van der Waals surface area contributed by atoms with Gasteiger partial charge in [0.1, 0.15) is 0 Å². The van der Waals surface area contributed by atoms with Crippen molar-refractivity contribution in [1.82, 2.24) is 0 Å². The minimum Gasteiger partial charge on any atom is -0.311 e. The molecule has 0 bridgehead atoms. The first-order valence-corrected chi connectivity index (χ1v) is 27.0. The third-order valence-corrected chi connectivity index (χ3v) is 17.1. The Labute approximate surface area is 423 Å². The highest BCUT2D eigenvalue weighted by Gasteiger charge is 2.47. The van der Waals surface area contributed by atoms with Crippen molar-refractivity contribution < 1.29 is 0 Å². The van der Waals surface area contributed by atoms with Gasteiger partial charge in [-0.3, -0.25) is 0 Å². The molecule has 1 fully saturated rings. The van der Waals surface area contributed by atoms with Gasteiger partial charge in [-0.05, 0) is 150 Å². The molecule has 70 heavy (non-hydrogen) atoms. The van der Waals surface area contributed by atoms with Crippen molar-refractivity contribution in [3.8, 4) is 22.3 Å². The summed E-state index contributed by atoms with van der Waals surface area (Å²) in [4.78, 5) is 5.34. The van der Waals surface area contributed by atoms with E-state index in [1.165, 1.54) is 142 Å². The summed E-state index contributed by atoms with van der Waals surface area (Å²) in [5.41, 5.74) is 22.3. The minimum absolute atomic E-state index is 0.00515. The lowest BCUT2D eigenvalue weighted by Gasteiger charge is -2.45. The number of anilines is 6. The van der Waals surface area contributed by atoms with Gasteiger partial charge in [0.15, 0.2) is 0 Å². The van der Waals surface area contributed by atoms with E-state index in [-0.39, 0.29) is 28.4 Å². The van der Waals surface area contributed by atoms with Crippen molar-refractivity contribution in [1.29, 1.82) is 0 Å². The lowest BCUT2D eigenvalue weighted by Crippen LogP contribution is -2.60. The van der Waals surface area contributed by atoms with Crippen LogP contribution >= 0.6 is 11.3 Å². The molecule has 0 amide bonds. The summed E-state index contributed by atoms with van der Waals surface area (Å²) in [5, 5.41) is 1.35. The van der Waals surface area contributed by atoms with Gasteiger partial charge < -0.3 is 9.80 Å². The molecule has 3 aliphatic rings. The van der Waals surface area contributed by atoms with Gasteiger partial charge in [-0.25, -0.2) is 0 Å². The average molecular weight is 935 g/mol. The summed E-state index contributed by atoms with van der Waals surface area (Å²) in [6.07, 6.45) is 6.52. The highest BCUT2D eigenvalue weighted by Crippen LogP contribution is 2.52. The summed E-state index contributed by atoms with van der Waals surface area (Å²) < 4.78 is 2.77. The topological polar surface area (TPSA) is 6.48 Å². The molecule has 7 aromatic carbocycles. The lowest BCUT2D eigenvalue weighted by molar-refractivity contribution is 0.444. The maximum atomic E-state index is 2.74. The van der Waals surface area contributed by atoms with Crippen LogP contribution in [-0.2, 0) is 21.7 Å². The molecule has 0 saturated heterocycles. The smallest absolute Gasteiger partial charge is 0.264 e.